The van der Waals surface area contributed by atoms with E-state index in [0.717, 1.165) is 29.9 Å². The van der Waals surface area contributed by atoms with Crippen LogP contribution >= 0.6 is 11.3 Å². The summed E-state index contributed by atoms with van der Waals surface area (Å²) in [5.41, 5.74) is 3.23. The molecule has 104 valence electrons. The van der Waals surface area contributed by atoms with E-state index in [-0.39, 0.29) is 5.91 Å². The highest BCUT2D eigenvalue weighted by atomic mass is 32.1. The van der Waals surface area contributed by atoms with Gasteiger partial charge in [0.15, 0.2) is 0 Å². The van der Waals surface area contributed by atoms with E-state index in [9.17, 15) is 4.79 Å². The Hall–Kier alpha value is -1.68. The Morgan fingerprint density at radius 2 is 2.25 bits per heavy atom. The molecule has 2 aromatic heterocycles. The Labute approximate surface area is 123 Å². The zero-order valence-electron chi connectivity index (χ0n) is 11.6. The summed E-state index contributed by atoms with van der Waals surface area (Å²) in [6, 6.07) is 3.84. The summed E-state index contributed by atoms with van der Waals surface area (Å²) in [6.07, 6.45) is 6.84. The van der Waals surface area contributed by atoms with Crippen molar-refractivity contribution in [1.82, 2.24) is 10.3 Å². The van der Waals surface area contributed by atoms with Crippen molar-refractivity contribution >= 4 is 17.2 Å². The minimum atomic E-state index is 0.0499. The van der Waals surface area contributed by atoms with Crippen LogP contribution in [0.15, 0.2) is 29.9 Å². The third-order valence-corrected chi connectivity index (χ3v) is 4.90. The Morgan fingerprint density at radius 3 is 3.05 bits per heavy atom. The second kappa shape index (κ2) is 5.75. The molecular formula is C16H18N2OS. The molecule has 4 heteroatoms. The van der Waals surface area contributed by atoms with Crippen molar-refractivity contribution in [1.29, 1.82) is 0 Å². The van der Waals surface area contributed by atoms with E-state index < -0.39 is 0 Å². The van der Waals surface area contributed by atoms with E-state index in [2.05, 4.69) is 17.2 Å². The summed E-state index contributed by atoms with van der Waals surface area (Å²) in [6.45, 7) is 2.84. The zero-order chi connectivity index (χ0) is 13.9. The smallest absolute Gasteiger partial charge is 0.252 e. The highest BCUT2D eigenvalue weighted by Gasteiger charge is 2.22. The first kappa shape index (κ1) is 13.3. The molecule has 0 spiro atoms. The largest absolute Gasteiger partial charge is 0.348 e. The topological polar surface area (TPSA) is 42.0 Å². The SMILES string of the molecule is CC1CCc2c(C(=O)NCc3ccncc3)csc2C1. The number of hydrogen-bond donors (Lipinski definition) is 1. The zero-order valence-corrected chi connectivity index (χ0v) is 12.4. The van der Waals surface area contributed by atoms with Crippen molar-refractivity contribution in [2.75, 3.05) is 0 Å². The van der Waals surface area contributed by atoms with Crippen LogP contribution < -0.4 is 5.32 Å². The molecule has 3 rings (SSSR count). The molecule has 1 atom stereocenters. The maximum Gasteiger partial charge on any atom is 0.252 e. The predicted octanol–water partition coefficient (Wildman–Crippen LogP) is 3.20. The molecule has 0 saturated carbocycles. The highest BCUT2D eigenvalue weighted by Crippen LogP contribution is 2.32. The molecule has 2 aromatic rings. The Morgan fingerprint density at radius 1 is 1.45 bits per heavy atom. The third kappa shape index (κ3) is 2.75. The Balaban J connectivity index is 1.69. The number of amides is 1. The normalized spacial score (nSPS) is 17.6. The quantitative estimate of drug-likeness (QED) is 0.941. The molecule has 1 amide bonds. The highest BCUT2D eigenvalue weighted by molar-refractivity contribution is 7.10. The summed E-state index contributed by atoms with van der Waals surface area (Å²) in [5.74, 6) is 0.794. The molecule has 3 nitrogen and oxygen atoms in total. The standard InChI is InChI=1S/C16H18N2OS/c1-11-2-3-13-14(10-20-15(13)8-11)16(19)18-9-12-4-6-17-7-5-12/h4-7,10-11H,2-3,8-9H2,1H3,(H,18,19). The van der Waals surface area contributed by atoms with Gasteiger partial charge in [0.05, 0.1) is 5.56 Å². The number of carbonyl (C=O) groups is 1. The first-order valence-electron chi connectivity index (χ1n) is 7.00. The molecule has 0 fully saturated rings. The van der Waals surface area contributed by atoms with Crippen molar-refractivity contribution in [2.24, 2.45) is 5.92 Å². The lowest BCUT2D eigenvalue weighted by molar-refractivity contribution is 0.0950. The van der Waals surface area contributed by atoms with Crippen LogP contribution in [-0.2, 0) is 19.4 Å². The van der Waals surface area contributed by atoms with E-state index >= 15 is 0 Å². The molecular weight excluding hydrogens is 268 g/mol. The molecule has 1 aliphatic rings. The fraction of sp³-hybridized carbons (Fsp3) is 0.375. The first-order chi connectivity index (χ1) is 9.74. The number of rotatable bonds is 3. The van der Waals surface area contributed by atoms with Gasteiger partial charge in [-0.2, -0.15) is 0 Å². The average Bonchev–Trinajstić information content (AvgIpc) is 2.89. The number of aromatic nitrogens is 1. The lowest BCUT2D eigenvalue weighted by atomic mass is 9.88. The lowest BCUT2D eigenvalue weighted by Gasteiger charge is -2.18. The van der Waals surface area contributed by atoms with Crippen LogP contribution in [0.1, 0.15) is 39.7 Å². The molecule has 0 saturated heterocycles. The molecule has 2 heterocycles. The van der Waals surface area contributed by atoms with Gasteiger partial charge in [-0.15, -0.1) is 11.3 Å². The third-order valence-electron chi connectivity index (χ3n) is 3.85. The van der Waals surface area contributed by atoms with Gasteiger partial charge in [-0.1, -0.05) is 6.92 Å². The van der Waals surface area contributed by atoms with Gasteiger partial charge >= 0.3 is 0 Å². The van der Waals surface area contributed by atoms with E-state index in [4.69, 9.17) is 0 Å². The summed E-state index contributed by atoms with van der Waals surface area (Å²) < 4.78 is 0. The van der Waals surface area contributed by atoms with Crippen LogP contribution in [-0.4, -0.2) is 10.9 Å². The van der Waals surface area contributed by atoms with Gasteiger partial charge in [0, 0.05) is 29.2 Å². The summed E-state index contributed by atoms with van der Waals surface area (Å²) in [5, 5.41) is 5.02. The van der Waals surface area contributed by atoms with Gasteiger partial charge in [0.2, 0.25) is 0 Å². The van der Waals surface area contributed by atoms with Crippen LogP contribution in [0.2, 0.25) is 0 Å². The number of carbonyl (C=O) groups excluding carboxylic acids is 1. The van der Waals surface area contributed by atoms with E-state index in [0.29, 0.717) is 6.54 Å². The van der Waals surface area contributed by atoms with Gasteiger partial charge in [-0.05, 0) is 48.4 Å². The van der Waals surface area contributed by atoms with E-state index in [1.54, 1.807) is 23.7 Å². The molecule has 0 aliphatic heterocycles. The molecule has 20 heavy (non-hydrogen) atoms. The van der Waals surface area contributed by atoms with E-state index in [1.807, 2.05) is 17.5 Å². The van der Waals surface area contributed by atoms with Crippen LogP contribution in [0.4, 0.5) is 0 Å². The molecule has 1 unspecified atom stereocenters. The van der Waals surface area contributed by atoms with Crippen molar-refractivity contribution in [3.05, 3.63) is 51.5 Å². The second-order valence-electron chi connectivity index (χ2n) is 5.44. The van der Waals surface area contributed by atoms with Crippen molar-refractivity contribution < 1.29 is 4.79 Å². The fourth-order valence-corrected chi connectivity index (χ4v) is 3.89. The average molecular weight is 286 g/mol. The number of hydrogen-bond acceptors (Lipinski definition) is 3. The number of nitrogens with one attached hydrogen (secondary N) is 1. The molecule has 0 aromatic carbocycles. The van der Waals surface area contributed by atoms with Crippen molar-refractivity contribution in [3.8, 4) is 0 Å². The minimum absolute atomic E-state index is 0.0499. The summed E-state index contributed by atoms with van der Waals surface area (Å²) >= 11 is 1.73. The van der Waals surface area contributed by atoms with Crippen molar-refractivity contribution in [2.45, 2.75) is 32.7 Å². The van der Waals surface area contributed by atoms with Gasteiger partial charge in [0.25, 0.3) is 5.91 Å². The summed E-state index contributed by atoms with van der Waals surface area (Å²) in [7, 11) is 0. The van der Waals surface area contributed by atoms with Crippen LogP contribution in [0, 0.1) is 5.92 Å². The maximum absolute atomic E-state index is 12.3. The fourth-order valence-electron chi connectivity index (χ4n) is 2.65. The monoisotopic (exact) mass is 286 g/mol. The van der Waals surface area contributed by atoms with Gasteiger partial charge < -0.3 is 5.32 Å². The number of nitrogens with zero attached hydrogens (tertiary/aromatic N) is 1. The van der Waals surface area contributed by atoms with Crippen LogP contribution in [0.5, 0.6) is 0 Å². The van der Waals surface area contributed by atoms with Gasteiger partial charge in [-0.25, -0.2) is 0 Å². The predicted molar refractivity (Wildman–Crippen MR) is 80.9 cm³/mol. The number of thiophene rings is 1. The van der Waals surface area contributed by atoms with Crippen molar-refractivity contribution in [3.63, 3.8) is 0 Å². The second-order valence-corrected chi connectivity index (χ2v) is 6.40. The maximum atomic E-state index is 12.3. The van der Waals surface area contributed by atoms with Crippen LogP contribution in [0.3, 0.4) is 0 Å². The Kier molecular flexibility index (Phi) is 3.83. The van der Waals surface area contributed by atoms with Gasteiger partial charge in [-0.3, -0.25) is 9.78 Å². The Bertz CT molecular complexity index is 606. The molecule has 0 radical (unpaired) electrons. The number of fused-ring (bicyclic) bond motifs is 1. The van der Waals surface area contributed by atoms with Gasteiger partial charge in [0.1, 0.15) is 0 Å². The minimum Gasteiger partial charge on any atom is -0.348 e. The summed E-state index contributed by atoms with van der Waals surface area (Å²) in [4.78, 5) is 17.7. The van der Waals surface area contributed by atoms with Crippen LogP contribution in [0.25, 0.3) is 0 Å². The lowest BCUT2D eigenvalue weighted by Crippen LogP contribution is -2.24. The van der Waals surface area contributed by atoms with E-state index in [1.165, 1.54) is 16.9 Å². The molecule has 0 bridgehead atoms. The molecule has 1 N–H and O–H groups in total. The number of pyridine rings is 1. The molecule has 1 aliphatic carbocycles. The first-order valence-corrected chi connectivity index (χ1v) is 7.88.